The second-order valence-electron chi connectivity index (χ2n) is 5.45. The van der Waals surface area contributed by atoms with Crippen molar-refractivity contribution in [2.45, 2.75) is 0 Å². The minimum absolute atomic E-state index is 0.0580. The molecule has 0 saturated carbocycles. The zero-order chi connectivity index (χ0) is 17.8. The Bertz CT molecular complexity index is 764. The average Bonchev–Trinajstić information content (AvgIpc) is 3.08. The van der Waals surface area contributed by atoms with Gasteiger partial charge < -0.3 is 4.90 Å². The monoisotopic (exact) mass is 426 g/mol. The van der Waals surface area contributed by atoms with E-state index in [4.69, 9.17) is 0 Å². The molecule has 0 spiro atoms. The first-order valence-electron chi connectivity index (χ1n) is 7.50. The van der Waals surface area contributed by atoms with Gasteiger partial charge in [0.05, 0.1) is 17.2 Å². The Balaban J connectivity index is 1.53. The van der Waals surface area contributed by atoms with Gasteiger partial charge in [0.15, 0.2) is 0 Å². The molecule has 1 aromatic heterocycles. The van der Waals surface area contributed by atoms with Crippen LogP contribution >= 0.6 is 27.3 Å². The van der Waals surface area contributed by atoms with E-state index in [1.165, 1.54) is 23.5 Å². The molecule has 9 nitrogen and oxygen atoms in total. The highest BCUT2D eigenvalue weighted by atomic mass is 79.9. The molecular weight excluding hydrogens is 412 g/mol. The number of amides is 1. The van der Waals surface area contributed by atoms with E-state index >= 15 is 0 Å². The third kappa shape index (κ3) is 4.50. The Morgan fingerprint density at radius 3 is 2.72 bits per heavy atom. The number of hydrogen-bond donors (Lipinski definition) is 1. The van der Waals surface area contributed by atoms with Crippen LogP contribution in [0.3, 0.4) is 0 Å². The van der Waals surface area contributed by atoms with Crippen LogP contribution in [0.1, 0.15) is 0 Å². The van der Waals surface area contributed by atoms with Crippen molar-refractivity contribution in [3.8, 4) is 0 Å². The van der Waals surface area contributed by atoms with E-state index in [2.05, 4.69) is 41.2 Å². The van der Waals surface area contributed by atoms with Gasteiger partial charge in [0, 0.05) is 42.8 Å². The van der Waals surface area contributed by atoms with Crippen LogP contribution in [-0.4, -0.2) is 58.7 Å². The topological polar surface area (TPSA) is 104 Å². The number of nitro benzene ring substituents is 1. The van der Waals surface area contributed by atoms with Gasteiger partial charge in [-0.3, -0.25) is 25.1 Å². The number of aromatic nitrogens is 2. The number of anilines is 2. The van der Waals surface area contributed by atoms with Crippen molar-refractivity contribution >= 4 is 49.7 Å². The predicted octanol–water partition coefficient (Wildman–Crippen LogP) is 1.97. The molecule has 0 aliphatic carbocycles. The fraction of sp³-hybridized carbons (Fsp3) is 0.357. The van der Waals surface area contributed by atoms with E-state index in [9.17, 15) is 14.9 Å². The van der Waals surface area contributed by atoms with Gasteiger partial charge in [-0.15, -0.1) is 10.2 Å². The van der Waals surface area contributed by atoms with Crippen LogP contribution in [0.15, 0.2) is 28.2 Å². The molecule has 132 valence electrons. The number of hydrogen-bond acceptors (Lipinski definition) is 8. The Kier molecular flexibility index (Phi) is 5.56. The number of carbonyl (C=O) groups excluding carboxylic acids is 1. The summed E-state index contributed by atoms with van der Waals surface area (Å²) in [6, 6.07) is 4.76. The molecule has 11 heteroatoms. The summed E-state index contributed by atoms with van der Waals surface area (Å²) in [7, 11) is 0. The van der Waals surface area contributed by atoms with Crippen LogP contribution in [-0.2, 0) is 4.79 Å². The highest BCUT2D eigenvalue weighted by Gasteiger charge is 2.21. The molecule has 25 heavy (non-hydrogen) atoms. The quantitative estimate of drug-likeness (QED) is 0.575. The fourth-order valence-electron chi connectivity index (χ4n) is 2.60. The standard InChI is InChI=1S/C14H15BrN6O3S/c15-11-7-10(21(23)24)1-2-12(11)20-5-3-19(4-6-20)8-13(22)17-14-18-16-9-25-14/h1-2,7,9H,3-6,8H2,(H,17,18,22). The normalized spacial score (nSPS) is 15.2. The summed E-state index contributed by atoms with van der Waals surface area (Å²) in [5.74, 6) is -0.110. The number of carbonyl (C=O) groups is 1. The number of non-ortho nitro benzene ring substituents is 1. The molecule has 1 N–H and O–H groups in total. The van der Waals surface area contributed by atoms with Gasteiger partial charge in [-0.25, -0.2) is 0 Å². The van der Waals surface area contributed by atoms with Gasteiger partial charge in [-0.2, -0.15) is 0 Å². The summed E-state index contributed by atoms with van der Waals surface area (Å²) in [5.41, 5.74) is 2.54. The fourth-order valence-corrected chi connectivity index (χ4v) is 3.68. The van der Waals surface area contributed by atoms with E-state index < -0.39 is 4.92 Å². The van der Waals surface area contributed by atoms with Gasteiger partial charge in [0.25, 0.3) is 5.69 Å². The Labute approximate surface area is 155 Å². The van der Waals surface area contributed by atoms with Crippen molar-refractivity contribution < 1.29 is 9.72 Å². The van der Waals surface area contributed by atoms with E-state index in [0.29, 0.717) is 16.1 Å². The molecular formula is C14H15BrN6O3S. The number of nitrogens with one attached hydrogen (secondary N) is 1. The molecule has 1 aromatic carbocycles. The van der Waals surface area contributed by atoms with Crippen molar-refractivity contribution in [2.75, 3.05) is 42.9 Å². The van der Waals surface area contributed by atoms with Crippen molar-refractivity contribution in [3.05, 3.63) is 38.3 Å². The van der Waals surface area contributed by atoms with Crippen LogP contribution in [0.25, 0.3) is 0 Å². The SMILES string of the molecule is O=C(CN1CCN(c2ccc([N+](=O)[O-])cc2Br)CC1)Nc1nncs1. The third-order valence-electron chi connectivity index (χ3n) is 3.83. The molecule has 3 rings (SSSR count). The van der Waals surface area contributed by atoms with E-state index in [0.717, 1.165) is 31.9 Å². The number of benzene rings is 1. The van der Waals surface area contributed by atoms with E-state index in [1.54, 1.807) is 11.6 Å². The van der Waals surface area contributed by atoms with Gasteiger partial charge in [0.1, 0.15) is 5.51 Å². The first-order valence-corrected chi connectivity index (χ1v) is 9.17. The number of nitro groups is 1. The van der Waals surface area contributed by atoms with Crippen LogP contribution in [0, 0.1) is 10.1 Å². The number of halogens is 1. The van der Waals surface area contributed by atoms with Gasteiger partial charge in [-0.05, 0) is 22.0 Å². The van der Waals surface area contributed by atoms with Crippen molar-refractivity contribution in [1.82, 2.24) is 15.1 Å². The molecule has 1 amide bonds. The van der Waals surface area contributed by atoms with E-state index in [-0.39, 0.29) is 11.6 Å². The lowest BCUT2D eigenvalue weighted by atomic mass is 10.2. The maximum atomic E-state index is 12.0. The summed E-state index contributed by atoms with van der Waals surface area (Å²) in [6.07, 6.45) is 0. The molecule has 1 aliphatic heterocycles. The highest BCUT2D eigenvalue weighted by Crippen LogP contribution is 2.30. The zero-order valence-electron chi connectivity index (χ0n) is 13.1. The smallest absolute Gasteiger partial charge is 0.270 e. The van der Waals surface area contributed by atoms with Gasteiger partial charge in [0.2, 0.25) is 11.0 Å². The summed E-state index contributed by atoms with van der Waals surface area (Å²) in [6.45, 7) is 3.24. The molecule has 1 fully saturated rings. The first kappa shape index (κ1) is 17.7. The van der Waals surface area contributed by atoms with Crippen molar-refractivity contribution in [2.24, 2.45) is 0 Å². The minimum Gasteiger partial charge on any atom is -0.368 e. The van der Waals surface area contributed by atoms with Crippen LogP contribution in [0.2, 0.25) is 0 Å². The van der Waals surface area contributed by atoms with Gasteiger partial charge in [-0.1, -0.05) is 11.3 Å². The lowest BCUT2D eigenvalue weighted by Gasteiger charge is -2.36. The molecule has 2 aromatic rings. The number of nitrogens with zero attached hydrogens (tertiary/aromatic N) is 5. The molecule has 1 saturated heterocycles. The number of piperazine rings is 1. The Morgan fingerprint density at radius 1 is 1.36 bits per heavy atom. The predicted molar refractivity (Wildman–Crippen MR) is 98.0 cm³/mol. The summed E-state index contributed by atoms with van der Waals surface area (Å²) < 4.78 is 0.698. The highest BCUT2D eigenvalue weighted by molar-refractivity contribution is 9.10. The minimum atomic E-state index is -0.414. The van der Waals surface area contributed by atoms with Crippen molar-refractivity contribution in [1.29, 1.82) is 0 Å². The number of rotatable bonds is 5. The molecule has 0 bridgehead atoms. The molecule has 0 unspecified atom stereocenters. The maximum Gasteiger partial charge on any atom is 0.270 e. The summed E-state index contributed by atoms with van der Waals surface area (Å²) >= 11 is 4.69. The summed E-state index contributed by atoms with van der Waals surface area (Å²) in [5, 5.41) is 21.5. The second kappa shape index (κ2) is 7.85. The second-order valence-corrected chi connectivity index (χ2v) is 7.14. The van der Waals surface area contributed by atoms with Crippen LogP contribution < -0.4 is 10.2 Å². The molecule has 0 radical (unpaired) electrons. The maximum absolute atomic E-state index is 12.0. The molecule has 2 heterocycles. The zero-order valence-corrected chi connectivity index (χ0v) is 15.5. The lowest BCUT2D eigenvalue weighted by molar-refractivity contribution is -0.384. The molecule has 0 atom stereocenters. The van der Waals surface area contributed by atoms with Crippen molar-refractivity contribution in [3.63, 3.8) is 0 Å². The molecule has 1 aliphatic rings. The summed E-state index contributed by atoms with van der Waals surface area (Å²) in [4.78, 5) is 26.6. The largest absolute Gasteiger partial charge is 0.368 e. The van der Waals surface area contributed by atoms with E-state index in [1.807, 2.05) is 0 Å². The van der Waals surface area contributed by atoms with Gasteiger partial charge >= 0.3 is 0 Å². The van der Waals surface area contributed by atoms with Crippen LogP contribution in [0.4, 0.5) is 16.5 Å². The third-order valence-corrected chi connectivity index (χ3v) is 5.07. The Hall–Kier alpha value is -2.11. The van der Waals surface area contributed by atoms with Crippen LogP contribution in [0.5, 0.6) is 0 Å². The lowest BCUT2D eigenvalue weighted by Crippen LogP contribution is -2.48. The Morgan fingerprint density at radius 2 is 2.12 bits per heavy atom. The average molecular weight is 427 g/mol. The first-order chi connectivity index (χ1) is 12.0.